The number of hydrogen-bond acceptors (Lipinski definition) is 4. The number of Topliss-reactive ketones (excluding diaryl/α,β-unsaturated/α-hetero) is 1. The number of ketones is 1. The molecule has 1 amide bonds. The second-order valence-corrected chi connectivity index (χ2v) is 6.00. The largest absolute Gasteiger partial charge is 0.449 e. The van der Waals surface area contributed by atoms with Crippen LogP contribution in [0.4, 0.5) is 4.79 Å². The number of rotatable bonds is 3. The van der Waals surface area contributed by atoms with E-state index in [9.17, 15) is 9.59 Å². The molecule has 2 aromatic carbocycles. The molecule has 0 unspecified atom stereocenters. The number of benzene rings is 2. The summed E-state index contributed by atoms with van der Waals surface area (Å²) in [6.07, 6.45) is -0.583. The van der Waals surface area contributed by atoms with Crippen LogP contribution in [0, 0.1) is 0 Å². The van der Waals surface area contributed by atoms with E-state index in [0.29, 0.717) is 0 Å². The van der Waals surface area contributed by atoms with E-state index in [2.05, 4.69) is 29.6 Å². The molecular formula is C19H17NO4. The zero-order valence-electron chi connectivity index (χ0n) is 13.0. The first-order chi connectivity index (χ1) is 11.7. The van der Waals surface area contributed by atoms with Crippen molar-refractivity contribution in [2.45, 2.75) is 12.0 Å². The highest BCUT2D eigenvalue weighted by atomic mass is 16.5. The van der Waals surface area contributed by atoms with Crippen LogP contribution in [0.15, 0.2) is 48.5 Å². The minimum atomic E-state index is -0.597. The van der Waals surface area contributed by atoms with Crippen LogP contribution in [0.5, 0.6) is 0 Å². The first-order valence-corrected chi connectivity index (χ1v) is 7.96. The van der Waals surface area contributed by atoms with E-state index < -0.39 is 12.1 Å². The molecule has 4 rings (SSSR count). The molecule has 1 fully saturated rings. The fourth-order valence-corrected chi connectivity index (χ4v) is 3.38. The first kappa shape index (κ1) is 14.9. The topological polar surface area (TPSA) is 64.6 Å². The molecule has 5 nitrogen and oxygen atoms in total. The van der Waals surface area contributed by atoms with E-state index in [1.54, 1.807) is 0 Å². The summed E-state index contributed by atoms with van der Waals surface area (Å²) in [5, 5.41) is 2.56. The van der Waals surface area contributed by atoms with Gasteiger partial charge in [-0.25, -0.2) is 4.79 Å². The normalized spacial score (nSPS) is 19.0. The number of ether oxygens (including phenoxy) is 2. The Morgan fingerprint density at radius 3 is 2.29 bits per heavy atom. The van der Waals surface area contributed by atoms with Gasteiger partial charge in [-0.2, -0.15) is 0 Å². The molecule has 24 heavy (non-hydrogen) atoms. The zero-order chi connectivity index (χ0) is 16.5. The van der Waals surface area contributed by atoms with Gasteiger partial charge in [-0.15, -0.1) is 0 Å². The minimum absolute atomic E-state index is 0.0127. The zero-order valence-corrected chi connectivity index (χ0v) is 13.0. The van der Waals surface area contributed by atoms with Crippen molar-refractivity contribution in [2.75, 3.05) is 19.8 Å². The van der Waals surface area contributed by atoms with Gasteiger partial charge in [0.05, 0.1) is 6.61 Å². The summed E-state index contributed by atoms with van der Waals surface area (Å²) in [5.74, 6) is -0.109. The molecule has 1 aliphatic carbocycles. The Hall–Kier alpha value is -2.66. The third kappa shape index (κ3) is 2.57. The van der Waals surface area contributed by atoms with Gasteiger partial charge in [-0.3, -0.25) is 4.79 Å². The number of hydrogen-bond donors (Lipinski definition) is 1. The van der Waals surface area contributed by atoms with E-state index >= 15 is 0 Å². The molecule has 1 atom stereocenters. The van der Waals surface area contributed by atoms with Gasteiger partial charge in [-0.1, -0.05) is 48.5 Å². The molecule has 122 valence electrons. The maximum atomic E-state index is 12.0. The molecule has 0 spiro atoms. The van der Waals surface area contributed by atoms with Crippen molar-refractivity contribution in [1.82, 2.24) is 5.32 Å². The molecule has 2 aliphatic rings. The van der Waals surface area contributed by atoms with Gasteiger partial charge in [0.15, 0.2) is 5.78 Å². The summed E-state index contributed by atoms with van der Waals surface area (Å²) < 4.78 is 10.4. The first-order valence-electron chi connectivity index (χ1n) is 7.96. The standard InChI is InChI=1S/C19H17NO4/c21-18-11-23-10-17(18)20-19(22)24-9-16-14-7-3-1-5-12(14)13-6-2-4-8-15(13)16/h1-8,16-17H,9-11H2,(H,20,22)/t17-/m1/s1. The van der Waals surface area contributed by atoms with E-state index in [4.69, 9.17) is 9.47 Å². The SMILES string of the molecule is O=C(N[C@@H]1COCC1=O)OCC1c2ccccc2-c2ccccc21. The fraction of sp³-hybridized carbons (Fsp3) is 0.263. The molecule has 1 saturated heterocycles. The summed E-state index contributed by atoms with van der Waals surface area (Å²) in [5.41, 5.74) is 4.68. The number of fused-ring (bicyclic) bond motifs is 3. The quantitative estimate of drug-likeness (QED) is 0.942. The maximum Gasteiger partial charge on any atom is 0.407 e. The van der Waals surface area contributed by atoms with E-state index in [0.717, 1.165) is 11.1 Å². The van der Waals surface area contributed by atoms with Gasteiger partial charge < -0.3 is 14.8 Å². The van der Waals surface area contributed by atoms with Crippen LogP contribution in [0.25, 0.3) is 11.1 Å². The van der Waals surface area contributed by atoms with Gasteiger partial charge in [0.2, 0.25) is 0 Å². The molecule has 1 N–H and O–H groups in total. The van der Waals surface area contributed by atoms with Crippen molar-refractivity contribution >= 4 is 11.9 Å². The van der Waals surface area contributed by atoms with Crippen molar-refractivity contribution in [3.8, 4) is 11.1 Å². The van der Waals surface area contributed by atoms with Crippen LogP contribution < -0.4 is 5.32 Å². The van der Waals surface area contributed by atoms with Crippen molar-refractivity contribution in [1.29, 1.82) is 0 Å². The van der Waals surface area contributed by atoms with Gasteiger partial charge in [-0.05, 0) is 22.3 Å². The lowest BCUT2D eigenvalue weighted by Gasteiger charge is -2.15. The highest BCUT2D eigenvalue weighted by Crippen LogP contribution is 2.44. The van der Waals surface area contributed by atoms with Crippen molar-refractivity contribution < 1.29 is 19.1 Å². The van der Waals surface area contributed by atoms with Crippen LogP contribution in [0.2, 0.25) is 0 Å². The molecular weight excluding hydrogens is 306 g/mol. The monoisotopic (exact) mass is 323 g/mol. The highest BCUT2D eigenvalue weighted by Gasteiger charge is 2.30. The summed E-state index contributed by atoms with van der Waals surface area (Å²) in [7, 11) is 0. The number of nitrogens with one attached hydrogen (secondary N) is 1. The van der Waals surface area contributed by atoms with E-state index in [-0.39, 0.29) is 31.5 Å². The second kappa shape index (κ2) is 6.09. The molecule has 1 heterocycles. The second-order valence-electron chi connectivity index (χ2n) is 6.00. The van der Waals surface area contributed by atoms with Crippen LogP contribution in [-0.4, -0.2) is 37.7 Å². The van der Waals surface area contributed by atoms with Gasteiger partial charge >= 0.3 is 6.09 Å². The Morgan fingerprint density at radius 1 is 1.08 bits per heavy atom. The van der Waals surface area contributed by atoms with Gasteiger partial charge in [0.1, 0.15) is 19.3 Å². The lowest BCUT2D eigenvalue weighted by molar-refractivity contribution is -0.119. The Bertz CT molecular complexity index is 756. The third-order valence-electron chi connectivity index (χ3n) is 4.55. The lowest BCUT2D eigenvalue weighted by Crippen LogP contribution is -2.40. The highest BCUT2D eigenvalue weighted by molar-refractivity contribution is 5.89. The molecule has 5 heteroatoms. The summed E-state index contributed by atoms with van der Waals surface area (Å²) >= 11 is 0. The van der Waals surface area contributed by atoms with E-state index in [1.807, 2.05) is 24.3 Å². The molecule has 1 aliphatic heterocycles. The van der Waals surface area contributed by atoms with Crippen LogP contribution in [0.3, 0.4) is 0 Å². The van der Waals surface area contributed by atoms with Crippen LogP contribution >= 0.6 is 0 Å². The summed E-state index contributed by atoms with van der Waals surface area (Å²) in [4.78, 5) is 23.5. The summed E-state index contributed by atoms with van der Waals surface area (Å²) in [6, 6.07) is 15.7. The molecule has 2 aromatic rings. The summed E-state index contributed by atoms with van der Waals surface area (Å²) in [6.45, 7) is 0.499. The Balaban J connectivity index is 1.48. The Kier molecular flexibility index (Phi) is 3.78. The molecule has 0 aromatic heterocycles. The Morgan fingerprint density at radius 2 is 1.71 bits per heavy atom. The van der Waals surface area contributed by atoms with Gasteiger partial charge in [0.25, 0.3) is 0 Å². The number of carbonyl (C=O) groups is 2. The lowest BCUT2D eigenvalue weighted by atomic mass is 9.98. The predicted molar refractivity (Wildman–Crippen MR) is 87.8 cm³/mol. The maximum absolute atomic E-state index is 12.0. The van der Waals surface area contributed by atoms with Crippen molar-refractivity contribution in [2.24, 2.45) is 0 Å². The molecule has 0 saturated carbocycles. The fourth-order valence-electron chi connectivity index (χ4n) is 3.38. The molecule has 0 radical (unpaired) electrons. The number of amides is 1. The number of carbonyl (C=O) groups excluding carboxylic acids is 2. The smallest absolute Gasteiger partial charge is 0.407 e. The predicted octanol–water partition coefficient (Wildman–Crippen LogP) is 2.49. The van der Waals surface area contributed by atoms with E-state index in [1.165, 1.54) is 11.1 Å². The van der Waals surface area contributed by atoms with Crippen LogP contribution in [-0.2, 0) is 14.3 Å². The molecule has 0 bridgehead atoms. The minimum Gasteiger partial charge on any atom is -0.449 e. The van der Waals surface area contributed by atoms with Gasteiger partial charge in [0, 0.05) is 5.92 Å². The third-order valence-corrected chi connectivity index (χ3v) is 4.55. The van der Waals surface area contributed by atoms with Crippen molar-refractivity contribution in [3.05, 3.63) is 59.7 Å². The average Bonchev–Trinajstić information content (AvgIpc) is 3.15. The Labute approximate surface area is 139 Å². The van der Waals surface area contributed by atoms with Crippen LogP contribution in [0.1, 0.15) is 17.0 Å². The average molecular weight is 323 g/mol. The van der Waals surface area contributed by atoms with Crippen molar-refractivity contribution in [3.63, 3.8) is 0 Å². The number of alkyl carbamates (subject to hydrolysis) is 1.